The van der Waals surface area contributed by atoms with E-state index >= 15 is 0 Å². The zero-order valence-electron chi connectivity index (χ0n) is 10.7. The van der Waals surface area contributed by atoms with Crippen molar-refractivity contribution in [1.82, 2.24) is 5.32 Å². The smallest absolute Gasteiger partial charge is 0.241 e. The lowest BCUT2D eigenvalue weighted by molar-refractivity contribution is -0.118. The average molecular weight is 252 g/mol. The van der Waals surface area contributed by atoms with Gasteiger partial charge in [-0.2, -0.15) is 0 Å². The van der Waals surface area contributed by atoms with Crippen LogP contribution in [-0.4, -0.2) is 43.4 Å². The van der Waals surface area contributed by atoms with E-state index in [1.165, 1.54) is 0 Å². The summed E-state index contributed by atoms with van der Waals surface area (Å²) in [7, 11) is 1.55. The highest BCUT2D eigenvalue weighted by atomic mass is 16.5. The number of anilines is 1. The number of para-hydroxylation sites is 1. The molecule has 0 aliphatic rings. The van der Waals surface area contributed by atoms with Gasteiger partial charge < -0.3 is 15.2 Å². The van der Waals surface area contributed by atoms with Crippen LogP contribution >= 0.6 is 0 Å². The lowest BCUT2D eigenvalue weighted by Crippen LogP contribution is -2.47. The number of hydrogen-bond donors (Lipinski definition) is 3. The number of amides is 1. The van der Waals surface area contributed by atoms with E-state index in [0.717, 1.165) is 5.69 Å². The predicted octanol–water partition coefficient (Wildman–Crippen LogP) is 0.610. The Morgan fingerprint density at radius 2 is 2.06 bits per heavy atom. The van der Waals surface area contributed by atoms with Crippen molar-refractivity contribution in [1.29, 1.82) is 0 Å². The van der Waals surface area contributed by atoms with Crippen LogP contribution in [0.2, 0.25) is 0 Å². The number of aliphatic hydroxyl groups is 1. The zero-order chi connectivity index (χ0) is 13.4. The molecule has 100 valence electrons. The Morgan fingerprint density at radius 3 is 2.61 bits per heavy atom. The molecule has 0 fully saturated rings. The number of hydrogen-bond acceptors (Lipinski definition) is 4. The summed E-state index contributed by atoms with van der Waals surface area (Å²) in [5.74, 6) is -0.143. The maximum absolute atomic E-state index is 11.9. The fourth-order valence-electron chi connectivity index (χ4n) is 1.56. The van der Waals surface area contributed by atoms with E-state index in [2.05, 4.69) is 10.6 Å². The first-order chi connectivity index (χ1) is 8.67. The summed E-state index contributed by atoms with van der Waals surface area (Å²) in [6.07, 6.45) is 0. The highest BCUT2D eigenvalue weighted by Crippen LogP contribution is 2.05. The summed E-state index contributed by atoms with van der Waals surface area (Å²) in [5, 5.41) is 14.9. The van der Waals surface area contributed by atoms with Gasteiger partial charge in [-0.3, -0.25) is 10.1 Å². The summed E-state index contributed by atoms with van der Waals surface area (Å²) in [4.78, 5) is 11.9. The molecule has 0 bridgehead atoms. The number of rotatable bonds is 7. The topological polar surface area (TPSA) is 70.6 Å². The third kappa shape index (κ3) is 4.83. The van der Waals surface area contributed by atoms with Crippen LogP contribution in [0.1, 0.15) is 6.92 Å². The fraction of sp³-hybridized carbons (Fsp3) is 0.462. The van der Waals surface area contributed by atoms with Gasteiger partial charge >= 0.3 is 0 Å². The molecule has 1 rings (SSSR count). The molecule has 1 aromatic carbocycles. The van der Waals surface area contributed by atoms with Crippen LogP contribution in [0.3, 0.4) is 0 Å². The van der Waals surface area contributed by atoms with Crippen molar-refractivity contribution in [2.24, 2.45) is 0 Å². The second kappa shape index (κ2) is 7.81. The van der Waals surface area contributed by atoms with E-state index < -0.39 is 6.04 Å². The first kappa shape index (κ1) is 14.6. The van der Waals surface area contributed by atoms with Gasteiger partial charge in [0, 0.05) is 12.8 Å². The molecule has 1 amide bonds. The van der Waals surface area contributed by atoms with Gasteiger partial charge in [-0.25, -0.2) is 0 Å². The molecule has 0 heterocycles. The number of carbonyl (C=O) groups is 1. The maximum atomic E-state index is 11.9. The molecular weight excluding hydrogens is 232 g/mol. The number of methoxy groups -OCH3 is 1. The molecule has 0 radical (unpaired) electrons. The summed E-state index contributed by atoms with van der Waals surface area (Å²) < 4.78 is 4.94. The molecule has 5 heteroatoms. The van der Waals surface area contributed by atoms with Crippen molar-refractivity contribution < 1.29 is 14.6 Å². The Hall–Kier alpha value is -1.43. The van der Waals surface area contributed by atoms with Gasteiger partial charge in [0.1, 0.15) is 0 Å². The Balaban J connectivity index is 2.46. The molecular formula is C13H20N2O3. The predicted molar refractivity (Wildman–Crippen MR) is 70.4 cm³/mol. The zero-order valence-corrected chi connectivity index (χ0v) is 10.7. The minimum Gasteiger partial charge on any atom is -0.395 e. The number of carbonyl (C=O) groups excluding carboxylic acids is 1. The molecule has 0 saturated carbocycles. The molecule has 0 saturated heterocycles. The summed E-state index contributed by atoms with van der Waals surface area (Å²) in [5.41, 5.74) is 0.753. The van der Waals surface area contributed by atoms with Gasteiger partial charge in [0.05, 0.1) is 25.3 Å². The van der Waals surface area contributed by atoms with Crippen molar-refractivity contribution in [2.75, 3.05) is 25.6 Å². The van der Waals surface area contributed by atoms with E-state index in [9.17, 15) is 4.79 Å². The summed E-state index contributed by atoms with van der Waals surface area (Å²) >= 11 is 0. The number of ether oxygens (including phenoxy) is 1. The lowest BCUT2D eigenvalue weighted by Gasteiger charge is -2.20. The van der Waals surface area contributed by atoms with Crippen molar-refractivity contribution >= 4 is 11.6 Å². The largest absolute Gasteiger partial charge is 0.395 e. The van der Waals surface area contributed by atoms with Crippen molar-refractivity contribution in [2.45, 2.75) is 19.0 Å². The Bertz CT molecular complexity index is 357. The van der Waals surface area contributed by atoms with Gasteiger partial charge in [-0.1, -0.05) is 18.2 Å². The number of nitrogens with one attached hydrogen (secondary N) is 2. The highest BCUT2D eigenvalue weighted by molar-refractivity contribution is 5.94. The number of benzene rings is 1. The summed E-state index contributed by atoms with van der Waals surface area (Å²) in [6.45, 7) is 2.03. The maximum Gasteiger partial charge on any atom is 0.241 e. The molecule has 0 spiro atoms. The number of aliphatic hydroxyl groups excluding tert-OH is 1. The van der Waals surface area contributed by atoms with Gasteiger partial charge in [0.15, 0.2) is 0 Å². The van der Waals surface area contributed by atoms with E-state index in [1.807, 2.05) is 30.3 Å². The molecule has 0 aliphatic carbocycles. The SMILES string of the molecule is COCC(CO)NC(C)C(=O)Nc1ccccc1. The minimum atomic E-state index is -0.405. The van der Waals surface area contributed by atoms with Crippen molar-refractivity contribution in [3.8, 4) is 0 Å². The monoisotopic (exact) mass is 252 g/mol. The van der Waals surface area contributed by atoms with Crippen molar-refractivity contribution in [3.63, 3.8) is 0 Å². The third-order valence-corrected chi connectivity index (χ3v) is 2.51. The second-order valence-electron chi connectivity index (χ2n) is 4.08. The molecule has 2 unspecified atom stereocenters. The van der Waals surface area contributed by atoms with E-state index in [1.54, 1.807) is 14.0 Å². The van der Waals surface area contributed by atoms with Gasteiger partial charge in [0.2, 0.25) is 5.91 Å². The first-order valence-electron chi connectivity index (χ1n) is 5.89. The van der Waals surface area contributed by atoms with Gasteiger partial charge in [-0.15, -0.1) is 0 Å². The Morgan fingerprint density at radius 1 is 1.39 bits per heavy atom. The molecule has 2 atom stereocenters. The van der Waals surface area contributed by atoms with Crippen LogP contribution in [0.5, 0.6) is 0 Å². The van der Waals surface area contributed by atoms with Crippen LogP contribution in [0.4, 0.5) is 5.69 Å². The standard InChI is InChI=1S/C13H20N2O3/c1-10(14-12(8-16)9-18-2)13(17)15-11-6-4-3-5-7-11/h3-7,10,12,14,16H,8-9H2,1-2H3,(H,15,17). The Labute approximate surface area is 107 Å². The van der Waals surface area contributed by atoms with Crippen LogP contribution in [0.25, 0.3) is 0 Å². The summed E-state index contributed by atoms with van der Waals surface area (Å²) in [6, 6.07) is 8.60. The van der Waals surface area contributed by atoms with Gasteiger partial charge in [0.25, 0.3) is 0 Å². The van der Waals surface area contributed by atoms with Gasteiger partial charge in [-0.05, 0) is 19.1 Å². The second-order valence-corrected chi connectivity index (χ2v) is 4.08. The van der Waals surface area contributed by atoms with Crippen LogP contribution in [-0.2, 0) is 9.53 Å². The molecule has 18 heavy (non-hydrogen) atoms. The van der Waals surface area contributed by atoms with E-state index in [-0.39, 0.29) is 18.6 Å². The van der Waals surface area contributed by atoms with Crippen LogP contribution in [0, 0.1) is 0 Å². The van der Waals surface area contributed by atoms with Crippen molar-refractivity contribution in [3.05, 3.63) is 30.3 Å². The molecule has 0 aromatic heterocycles. The first-order valence-corrected chi connectivity index (χ1v) is 5.89. The molecule has 0 aliphatic heterocycles. The normalized spacial score (nSPS) is 13.9. The minimum absolute atomic E-state index is 0.0726. The molecule has 3 N–H and O–H groups in total. The fourth-order valence-corrected chi connectivity index (χ4v) is 1.56. The Kier molecular flexibility index (Phi) is 6.35. The highest BCUT2D eigenvalue weighted by Gasteiger charge is 2.17. The van der Waals surface area contributed by atoms with Crippen LogP contribution < -0.4 is 10.6 Å². The van der Waals surface area contributed by atoms with Crippen LogP contribution in [0.15, 0.2) is 30.3 Å². The van der Waals surface area contributed by atoms with E-state index in [0.29, 0.717) is 6.61 Å². The lowest BCUT2D eigenvalue weighted by atomic mass is 10.2. The molecule has 5 nitrogen and oxygen atoms in total. The third-order valence-electron chi connectivity index (χ3n) is 2.51. The molecule has 1 aromatic rings. The van der Waals surface area contributed by atoms with E-state index in [4.69, 9.17) is 9.84 Å². The average Bonchev–Trinajstić information content (AvgIpc) is 2.39. The quantitative estimate of drug-likeness (QED) is 0.665.